The number of hydrogen-bond acceptors (Lipinski definition) is 6. The summed E-state index contributed by atoms with van der Waals surface area (Å²) in [6.07, 6.45) is 3.18. The van der Waals surface area contributed by atoms with Gasteiger partial charge in [-0.25, -0.2) is 9.79 Å². The van der Waals surface area contributed by atoms with Gasteiger partial charge in [0.05, 0.1) is 10.4 Å². The zero-order chi connectivity index (χ0) is 20.7. The fourth-order valence-corrected chi connectivity index (χ4v) is 3.20. The Morgan fingerprint density at radius 2 is 2.00 bits per heavy atom. The molecule has 2 heterocycles. The number of nitro benzene ring substituents is 1. The van der Waals surface area contributed by atoms with Crippen LogP contribution in [0.25, 0.3) is 17.0 Å². The third-order valence-electron chi connectivity index (χ3n) is 4.65. The molecule has 0 radical (unpaired) electrons. The van der Waals surface area contributed by atoms with Crippen LogP contribution >= 0.6 is 0 Å². The number of ether oxygens (including phenoxy) is 1. The van der Waals surface area contributed by atoms with E-state index in [2.05, 4.69) is 4.99 Å². The fraction of sp³-hybridized carbons (Fsp3) is 0.0952. The normalized spacial score (nSPS) is 14.9. The smallest absolute Gasteiger partial charge is 0.363 e. The van der Waals surface area contributed by atoms with Crippen LogP contribution in [-0.2, 0) is 9.53 Å². The second-order valence-corrected chi connectivity index (χ2v) is 6.59. The molecule has 0 unspecified atom stereocenters. The van der Waals surface area contributed by atoms with Crippen molar-refractivity contribution in [1.82, 2.24) is 4.57 Å². The Hall–Kier alpha value is -4.07. The van der Waals surface area contributed by atoms with Gasteiger partial charge in [0.2, 0.25) is 11.8 Å². The Morgan fingerprint density at radius 1 is 1.24 bits per heavy atom. The SMILES string of the molecule is CC(=O)n1cc(/C=C2\N=C(c3ccc(C)c([N+](=O)[O-])c3)OC2=O)c2ccccc21. The topological polar surface area (TPSA) is 104 Å². The largest absolute Gasteiger partial charge is 0.402 e. The summed E-state index contributed by atoms with van der Waals surface area (Å²) in [4.78, 5) is 39.1. The third kappa shape index (κ3) is 3.20. The highest BCUT2D eigenvalue weighted by Gasteiger charge is 2.26. The number of cyclic esters (lactones) is 1. The lowest BCUT2D eigenvalue weighted by Gasteiger charge is -2.01. The van der Waals surface area contributed by atoms with E-state index in [1.54, 1.807) is 31.3 Å². The number of fused-ring (bicyclic) bond motifs is 1. The molecule has 1 aliphatic rings. The van der Waals surface area contributed by atoms with Gasteiger partial charge >= 0.3 is 5.97 Å². The van der Waals surface area contributed by atoms with Gasteiger partial charge in [0.15, 0.2) is 5.70 Å². The number of aryl methyl sites for hydroxylation is 1. The second-order valence-electron chi connectivity index (χ2n) is 6.59. The lowest BCUT2D eigenvalue weighted by atomic mass is 10.1. The van der Waals surface area contributed by atoms with Crippen LogP contribution < -0.4 is 0 Å². The molecule has 0 fully saturated rings. The Morgan fingerprint density at radius 3 is 2.72 bits per heavy atom. The maximum absolute atomic E-state index is 12.3. The lowest BCUT2D eigenvalue weighted by Crippen LogP contribution is -2.06. The van der Waals surface area contributed by atoms with Gasteiger partial charge in [-0.05, 0) is 25.1 Å². The van der Waals surface area contributed by atoms with E-state index in [0.29, 0.717) is 16.7 Å². The number of nitrogens with zero attached hydrogens (tertiary/aromatic N) is 3. The monoisotopic (exact) mass is 389 g/mol. The summed E-state index contributed by atoms with van der Waals surface area (Å²) >= 11 is 0. The Labute approximate surface area is 164 Å². The summed E-state index contributed by atoms with van der Waals surface area (Å²) in [7, 11) is 0. The van der Waals surface area contributed by atoms with Gasteiger partial charge in [-0.2, -0.15) is 0 Å². The number of aromatic nitrogens is 1. The highest BCUT2D eigenvalue weighted by Crippen LogP contribution is 2.27. The van der Waals surface area contributed by atoms with E-state index >= 15 is 0 Å². The number of aliphatic imine (C=N–C) groups is 1. The van der Waals surface area contributed by atoms with Crippen LogP contribution in [0, 0.1) is 17.0 Å². The van der Waals surface area contributed by atoms with E-state index in [-0.39, 0.29) is 23.2 Å². The minimum Gasteiger partial charge on any atom is -0.402 e. The molecule has 2 aromatic carbocycles. The molecule has 3 aromatic rings. The molecule has 0 N–H and O–H groups in total. The quantitative estimate of drug-likeness (QED) is 0.293. The number of benzene rings is 2. The molecule has 0 aliphatic carbocycles. The van der Waals surface area contributed by atoms with E-state index in [4.69, 9.17) is 4.74 Å². The molecular formula is C21H15N3O5. The van der Waals surface area contributed by atoms with Crippen molar-refractivity contribution in [3.8, 4) is 0 Å². The highest BCUT2D eigenvalue weighted by molar-refractivity contribution is 6.13. The van der Waals surface area contributed by atoms with Crippen molar-refractivity contribution in [3.05, 3.63) is 81.2 Å². The van der Waals surface area contributed by atoms with Gasteiger partial charge in [-0.15, -0.1) is 0 Å². The number of hydrogen-bond donors (Lipinski definition) is 0. The molecule has 8 nitrogen and oxygen atoms in total. The number of para-hydroxylation sites is 1. The van der Waals surface area contributed by atoms with Crippen LogP contribution in [0.1, 0.15) is 28.4 Å². The Balaban J connectivity index is 1.78. The molecule has 0 saturated heterocycles. The van der Waals surface area contributed by atoms with Crippen molar-refractivity contribution in [2.75, 3.05) is 0 Å². The Bertz CT molecular complexity index is 1270. The van der Waals surface area contributed by atoms with Gasteiger partial charge in [-0.3, -0.25) is 19.5 Å². The van der Waals surface area contributed by atoms with Crippen LogP contribution in [-0.4, -0.2) is 27.3 Å². The standard InChI is InChI=1S/C21H15N3O5/c1-12-7-8-14(10-19(12)24(27)28)20-22-17(21(26)29-20)9-15-11-23(13(2)25)18-6-4-3-5-16(15)18/h3-11H,1-2H3/b17-9-. The predicted octanol–water partition coefficient (Wildman–Crippen LogP) is 3.86. The minimum absolute atomic E-state index is 0.000318. The molecule has 29 heavy (non-hydrogen) atoms. The Kier molecular flexibility index (Phi) is 4.31. The van der Waals surface area contributed by atoms with Crippen molar-refractivity contribution in [2.45, 2.75) is 13.8 Å². The summed E-state index contributed by atoms with van der Waals surface area (Å²) in [5, 5.41) is 11.9. The summed E-state index contributed by atoms with van der Waals surface area (Å²) in [5.74, 6) is -0.821. The van der Waals surface area contributed by atoms with Crippen LogP contribution in [0.5, 0.6) is 0 Å². The average Bonchev–Trinajstić information content (AvgIpc) is 3.23. The first-order valence-corrected chi connectivity index (χ1v) is 8.74. The highest BCUT2D eigenvalue weighted by atomic mass is 16.6. The van der Waals surface area contributed by atoms with E-state index in [0.717, 1.165) is 10.9 Å². The summed E-state index contributed by atoms with van der Waals surface area (Å²) in [5.41, 5.74) is 2.17. The molecule has 4 rings (SSSR count). The molecule has 0 spiro atoms. The van der Waals surface area contributed by atoms with Gasteiger partial charge in [0.25, 0.3) is 5.69 Å². The maximum atomic E-state index is 12.3. The predicted molar refractivity (Wildman–Crippen MR) is 107 cm³/mol. The molecule has 144 valence electrons. The first-order valence-electron chi connectivity index (χ1n) is 8.74. The number of carbonyl (C=O) groups excluding carboxylic acids is 2. The summed E-state index contributed by atoms with van der Waals surface area (Å²) < 4.78 is 6.72. The van der Waals surface area contributed by atoms with Crippen molar-refractivity contribution in [3.63, 3.8) is 0 Å². The van der Waals surface area contributed by atoms with E-state index in [1.807, 2.05) is 24.3 Å². The zero-order valence-electron chi connectivity index (χ0n) is 15.6. The molecule has 0 saturated carbocycles. The van der Waals surface area contributed by atoms with Gasteiger partial charge in [0, 0.05) is 41.3 Å². The summed E-state index contributed by atoms with van der Waals surface area (Å²) in [6.45, 7) is 3.08. The lowest BCUT2D eigenvalue weighted by molar-refractivity contribution is -0.385. The molecular weight excluding hydrogens is 374 g/mol. The van der Waals surface area contributed by atoms with E-state index in [1.165, 1.54) is 17.6 Å². The zero-order valence-corrected chi connectivity index (χ0v) is 15.6. The number of nitro groups is 1. The van der Waals surface area contributed by atoms with Gasteiger partial charge in [-0.1, -0.05) is 24.3 Å². The molecule has 0 amide bonds. The van der Waals surface area contributed by atoms with Crippen LogP contribution in [0.4, 0.5) is 5.69 Å². The average molecular weight is 389 g/mol. The first-order chi connectivity index (χ1) is 13.8. The van der Waals surface area contributed by atoms with Crippen LogP contribution in [0.3, 0.4) is 0 Å². The number of carbonyl (C=O) groups is 2. The van der Waals surface area contributed by atoms with Crippen molar-refractivity contribution >= 4 is 40.4 Å². The molecule has 1 aliphatic heterocycles. The van der Waals surface area contributed by atoms with Crippen molar-refractivity contribution in [2.24, 2.45) is 4.99 Å². The number of rotatable bonds is 3. The van der Waals surface area contributed by atoms with Gasteiger partial charge < -0.3 is 4.74 Å². The van der Waals surface area contributed by atoms with Crippen molar-refractivity contribution in [1.29, 1.82) is 0 Å². The second kappa shape index (κ2) is 6.83. The summed E-state index contributed by atoms with van der Waals surface area (Å²) in [6, 6.07) is 11.8. The molecule has 8 heteroatoms. The first kappa shape index (κ1) is 18.3. The maximum Gasteiger partial charge on any atom is 0.363 e. The van der Waals surface area contributed by atoms with E-state index in [9.17, 15) is 19.7 Å². The minimum atomic E-state index is -0.664. The van der Waals surface area contributed by atoms with Crippen LogP contribution in [0.15, 0.2) is 59.4 Å². The third-order valence-corrected chi connectivity index (χ3v) is 4.65. The van der Waals surface area contributed by atoms with Crippen molar-refractivity contribution < 1.29 is 19.2 Å². The molecule has 0 atom stereocenters. The number of esters is 1. The van der Waals surface area contributed by atoms with Crippen LogP contribution in [0.2, 0.25) is 0 Å². The molecule has 1 aromatic heterocycles. The van der Waals surface area contributed by atoms with Gasteiger partial charge in [0.1, 0.15) is 0 Å². The van der Waals surface area contributed by atoms with E-state index < -0.39 is 10.9 Å². The fourth-order valence-electron chi connectivity index (χ4n) is 3.20. The molecule has 0 bridgehead atoms.